The monoisotopic (exact) mass is 332 g/mol. The predicted octanol–water partition coefficient (Wildman–Crippen LogP) is 2.97. The van der Waals surface area contributed by atoms with Crippen LogP contribution < -0.4 is 9.46 Å². The second-order valence-electron chi connectivity index (χ2n) is 5.51. The molecule has 0 aliphatic carbocycles. The van der Waals surface area contributed by atoms with E-state index in [0.29, 0.717) is 18.7 Å². The van der Waals surface area contributed by atoms with Crippen LogP contribution in [0.1, 0.15) is 19.4 Å². The van der Waals surface area contributed by atoms with Gasteiger partial charge in [0.05, 0.1) is 5.25 Å². The van der Waals surface area contributed by atoms with E-state index >= 15 is 0 Å². The molecule has 2 aromatic carbocycles. The molecule has 0 unspecified atom stereocenters. The fourth-order valence-corrected chi connectivity index (χ4v) is 2.85. The molecule has 5 nitrogen and oxygen atoms in total. The third kappa shape index (κ3) is 4.68. The standard InChI is InChI=1S/C17H20N2O3S/c1-13(2)23(20,21)19-9-8-14-4-5-16-11-17(22-12-18-3)7-6-15(16)10-14/h4-7,10-11,13,19H,8-9,12H2,1-2H3. The largest absolute Gasteiger partial charge is 0.426 e. The molecule has 0 atom stereocenters. The van der Waals surface area contributed by atoms with Gasteiger partial charge in [0.2, 0.25) is 10.0 Å². The predicted molar refractivity (Wildman–Crippen MR) is 91.8 cm³/mol. The van der Waals surface area contributed by atoms with Crippen molar-refractivity contribution in [1.82, 2.24) is 4.72 Å². The van der Waals surface area contributed by atoms with Crippen molar-refractivity contribution < 1.29 is 13.2 Å². The molecule has 0 bridgehead atoms. The zero-order valence-corrected chi connectivity index (χ0v) is 14.1. The number of hydrogen-bond acceptors (Lipinski definition) is 3. The molecular weight excluding hydrogens is 312 g/mol. The molecule has 6 heteroatoms. The van der Waals surface area contributed by atoms with E-state index in [1.165, 1.54) is 0 Å². The summed E-state index contributed by atoms with van der Waals surface area (Å²) in [5, 5.41) is 1.66. The molecule has 0 aromatic heterocycles. The Morgan fingerprint density at radius 2 is 1.87 bits per heavy atom. The maximum Gasteiger partial charge on any atom is 0.357 e. The Morgan fingerprint density at radius 1 is 1.17 bits per heavy atom. The fourth-order valence-electron chi connectivity index (χ4n) is 2.13. The first-order chi connectivity index (χ1) is 10.9. The van der Waals surface area contributed by atoms with Crippen molar-refractivity contribution in [1.29, 1.82) is 0 Å². The van der Waals surface area contributed by atoms with E-state index < -0.39 is 15.3 Å². The Bertz CT molecular complexity index is 823. The van der Waals surface area contributed by atoms with E-state index in [9.17, 15) is 8.42 Å². The summed E-state index contributed by atoms with van der Waals surface area (Å²) in [7, 11) is -3.22. The molecule has 0 radical (unpaired) electrons. The fraction of sp³-hybridized carbons (Fsp3) is 0.353. The molecular formula is C17H20N2O3S. The smallest absolute Gasteiger partial charge is 0.357 e. The average Bonchev–Trinajstić information content (AvgIpc) is 2.52. The Morgan fingerprint density at radius 3 is 2.57 bits per heavy atom. The van der Waals surface area contributed by atoms with Crippen LogP contribution in [0.15, 0.2) is 36.4 Å². The van der Waals surface area contributed by atoms with Gasteiger partial charge in [-0.15, -0.1) is 0 Å². The molecule has 0 spiro atoms. The third-order valence-corrected chi connectivity index (χ3v) is 5.36. The first-order valence-corrected chi connectivity index (χ1v) is 8.94. The highest BCUT2D eigenvalue weighted by molar-refractivity contribution is 7.90. The van der Waals surface area contributed by atoms with Gasteiger partial charge in [0, 0.05) is 6.54 Å². The summed E-state index contributed by atoms with van der Waals surface area (Å²) in [6.07, 6.45) is 0.637. The number of rotatable bonds is 7. The van der Waals surface area contributed by atoms with Crippen LogP contribution in [0.25, 0.3) is 15.6 Å². The van der Waals surface area contributed by atoms with Crippen LogP contribution in [-0.2, 0) is 16.4 Å². The zero-order valence-electron chi connectivity index (χ0n) is 13.2. The van der Waals surface area contributed by atoms with Gasteiger partial charge in [-0.25, -0.2) is 19.7 Å². The molecule has 0 aliphatic heterocycles. The van der Waals surface area contributed by atoms with Crippen LogP contribution in [0.2, 0.25) is 0 Å². The van der Waals surface area contributed by atoms with Gasteiger partial charge in [0.15, 0.2) is 0 Å². The lowest BCUT2D eigenvalue weighted by Crippen LogP contribution is -2.32. The Balaban J connectivity index is 2.05. The quantitative estimate of drug-likeness (QED) is 0.793. The van der Waals surface area contributed by atoms with Gasteiger partial charge in [-0.05, 0) is 48.7 Å². The maximum atomic E-state index is 11.7. The Labute approximate surface area is 137 Å². The minimum absolute atomic E-state index is 0.0135. The molecule has 0 aliphatic rings. The number of nitrogens with zero attached hydrogens (tertiary/aromatic N) is 1. The number of nitrogens with one attached hydrogen (secondary N) is 1. The molecule has 0 amide bonds. The number of hydrogen-bond donors (Lipinski definition) is 1. The summed E-state index contributed by atoms with van der Waals surface area (Å²) < 4.78 is 31.3. The lowest BCUT2D eigenvalue weighted by Gasteiger charge is -2.10. The Hall–Kier alpha value is -2.10. The van der Waals surface area contributed by atoms with Gasteiger partial charge >= 0.3 is 6.73 Å². The summed E-state index contributed by atoms with van der Waals surface area (Å²) in [4.78, 5) is 3.16. The van der Waals surface area contributed by atoms with E-state index in [4.69, 9.17) is 11.3 Å². The highest BCUT2D eigenvalue weighted by atomic mass is 32.2. The van der Waals surface area contributed by atoms with E-state index in [2.05, 4.69) is 9.57 Å². The topological polar surface area (TPSA) is 59.8 Å². The highest BCUT2D eigenvalue weighted by Crippen LogP contribution is 2.22. The van der Waals surface area contributed by atoms with Gasteiger partial charge in [-0.1, -0.05) is 24.3 Å². The molecule has 23 heavy (non-hydrogen) atoms. The van der Waals surface area contributed by atoms with Crippen molar-refractivity contribution in [3.05, 3.63) is 53.4 Å². The summed E-state index contributed by atoms with van der Waals surface area (Å²) in [6.45, 7) is 10.4. The number of sulfonamides is 1. The first-order valence-electron chi connectivity index (χ1n) is 7.39. The first kappa shape index (κ1) is 17.3. The van der Waals surface area contributed by atoms with Crippen molar-refractivity contribution >= 4 is 20.8 Å². The van der Waals surface area contributed by atoms with Crippen molar-refractivity contribution in [2.75, 3.05) is 13.3 Å². The van der Waals surface area contributed by atoms with Crippen LogP contribution >= 0.6 is 0 Å². The second kappa shape index (κ2) is 7.44. The van der Waals surface area contributed by atoms with Crippen molar-refractivity contribution in [2.45, 2.75) is 25.5 Å². The maximum absolute atomic E-state index is 11.7. The number of fused-ring (bicyclic) bond motifs is 1. The van der Waals surface area contributed by atoms with Gasteiger partial charge in [-0.3, -0.25) is 4.85 Å². The summed E-state index contributed by atoms with van der Waals surface area (Å²) in [5.41, 5.74) is 1.07. The van der Waals surface area contributed by atoms with Crippen molar-refractivity contribution in [2.24, 2.45) is 0 Å². The van der Waals surface area contributed by atoms with Gasteiger partial charge in [0.25, 0.3) is 0 Å². The van der Waals surface area contributed by atoms with Crippen LogP contribution in [-0.4, -0.2) is 26.9 Å². The van der Waals surface area contributed by atoms with Gasteiger partial charge in [0.1, 0.15) is 5.75 Å². The molecule has 0 saturated heterocycles. The lowest BCUT2D eigenvalue weighted by molar-refractivity contribution is 0.361. The third-order valence-electron chi connectivity index (χ3n) is 3.51. The van der Waals surface area contributed by atoms with E-state index in [0.717, 1.165) is 16.3 Å². The summed E-state index contributed by atoms with van der Waals surface area (Å²) in [6, 6.07) is 11.7. The average molecular weight is 332 g/mol. The molecule has 2 aromatic rings. The lowest BCUT2D eigenvalue weighted by atomic mass is 10.0. The van der Waals surface area contributed by atoms with Crippen LogP contribution in [0.5, 0.6) is 5.75 Å². The van der Waals surface area contributed by atoms with E-state index in [-0.39, 0.29) is 6.73 Å². The highest BCUT2D eigenvalue weighted by Gasteiger charge is 2.14. The van der Waals surface area contributed by atoms with Crippen molar-refractivity contribution in [3.63, 3.8) is 0 Å². The minimum Gasteiger partial charge on any atom is -0.426 e. The van der Waals surface area contributed by atoms with E-state index in [1.807, 2.05) is 36.4 Å². The van der Waals surface area contributed by atoms with Crippen molar-refractivity contribution in [3.8, 4) is 5.75 Å². The molecule has 0 heterocycles. The number of ether oxygens (including phenoxy) is 1. The van der Waals surface area contributed by atoms with Crippen LogP contribution in [0, 0.1) is 6.57 Å². The van der Waals surface area contributed by atoms with E-state index in [1.54, 1.807) is 13.8 Å². The van der Waals surface area contributed by atoms with Crippen LogP contribution in [0.3, 0.4) is 0 Å². The van der Waals surface area contributed by atoms with Crippen LogP contribution in [0.4, 0.5) is 0 Å². The Kier molecular flexibility index (Phi) is 5.59. The molecule has 122 valence electrons. The molecule has 0 fully saturated rings. The van der Waals surface area contributed by atoms with Gasteiger partial charge < -0.3 is 4.74 Å². The molecule has 1 N–H and O–H groups in total. The second-order valence-corrected chi connectivity index (χ2v) is 7.83. The summed E-state index contributed by atoms with van der Waals surface area (Å²) >= 11 is 0. The molecule has 2 rings (SSSR count). The minimum atomic E-state index is -3.22. The van der Waals surface area contributed by atoms with Gasteiger partial charge in [-0.2, -0.15) is 0 Å². The number of benzene rings is 2. The normalized spacial score (nSPS) is 11.6. The molecule has 0 saturated carbocycles. The zero-order chi connectivity index (χ0) is 16.9. The summed E-state index contributed by atoms with van der Waals surface area (Å²) in [5.74, 6) is 0.672. The SMILES string of the molecule is [C-]#[N+]COc1ccc2cc(CCNS(=O)(=O)C(C)C)ccc2c1.